The van der Waals surface area contributed by atoms with Crippen LogP contribution in [0.2, 0.25) is 0 Å². The van der Waals surface area contributed by atoms with Gasteiger partial charge in [0.2, 0.25) is 0 Å². The van der Waals surface area contributed by atoms with E-state index < -0.39 is 0 Å². The first kappa shape index (κ1) is 14.3. The average Bonchev–Trinajstić information content (AvgIpc) is 3.11. The smallest absolute Gasteiger partial charge is 0.0223 e. The minimum absolute atomic E-state index is 0.733. The van der Waals surface area contributed by atoms with Crippen LogP contribution >= 0.6 is 0 Å². The third-order valence-electron chi connectivity index (χ3n) is 4.72. The van der Waals surface area contributed by atoms with Crippen molar-refractivity contribution in [1.29, 1.82) is 0 Å². The molecule has 1 N–H and O–H groups in total. The summed E-state index contributed by atoms with van der Waals surface area (Å²) in [6.07, 6.45) is 5.67. The molecule has 1 saturated heterocycles. The zero-order valence-electron chi connectivity index (χ0n) is 12.5. The molecule has 0 aromatic heterocycles. The van der Waals surface area contributed by atoms with Gasteiger partial charge in [0.05, 0.1) is 0 Å². The standard InChI is InChI=1S/C15H31N3/c1-4-18-10-5-6-15(18)12-17(3)11-9-16-13(2)14-7-8-14/h13-16H,4-12H2,1-3H3. The van der Waals surface area contributed by atoms with E-state index in [0.29, 0.717) is 0 Å². The third-order valence-corrected chi connectivity index (χ3v) is 4.72. The first-order valence-corrected chi connectivity index (χ1v) is 7.86. The second kappa shape index (κ2) is 6.88. The van der Waals surface area contributed by atoms with Gasteiger partial charge in [-0.15, -0.1) is 0 Å². The summed E-state index contributed by atoms with van der Waals surface area (Å²) in [5.41, 5.74) is 0. The van der Waals surface area contributed by atoms with Gasteiger partial charge in [-0.05, 0) is 58.7 Å². The molecule has 2 rings (SSSR count). The van der Waals surface area contributed by atoms with Gasteiger partial charge in [0.15, 0.2) is 0 Å². The van der Waals surface area contributed by atoms with E-state index in [9.17, 15) is 0 Å². The van der Waals surface area contributed by atoms with Crippen LogP contribution in [0.5, 0.6) is 0 Å². The number of hydrogen-bond donors (Lipinski definition) is 1. The highest BCUT2D eigenvalue weighted by Crippen LogP contribution is 2.32. The Morgan fingerprint density at radius 1 is 1.33 bits per heavy atom. The molecule has 0 radical (unpaired) electrons. The highest BCUT2D eigenvalue weighted by Gasteiger charge is 2.27. The molecule has 2 fully saturated rings. The molecular formula is C15H31N3. The normalized spacial score (nSPS) is 27.0. The Morgan fingerprint density at radius 3 is 2.78 bits per heavy atom. The molecule has 0 aromatic rings. The fraction of sp³-hybridized carbons (Fsp3) is 1.00. The number of likely N-dealkylation sites (tertiary alicyclic amines) is 1. The highest BCUT2D eigenvalue weighted by molar-refractivity contribution is 4.84. The van der Waals surface area contributed by atoms with Gasteiger partial charge in [0, 0.05) is 31.7 Å². The Hall–Kier alpha value is -0.120. The molecule has 3 heteroatoms. The predicted molar refractivity (Wildman–Crippen MR) is 78.0 cm³/mol. The molecule has 3 nitrogen and oxygen atoms in total. The Kier molecular flexibility index (Phi) is 5.46. The summed E-state index contributed by atoms with van der Waals surface area (Å²) in [6, 6.07) is 1.54. The lowest BCUT2D eigenvalue weighted by atomic mass is 10.2. The van der Waals surface area contributed by atoms with Gasteiger partial charge in [-0.2, -0.15) is 0 Å². The van der Waals surface area contributed by atoms with Crippen LogP contribution in [0.4, 0.5) is 0 Å². The molecule has 1 heterocycles. The van der Waals surface area contributed by atoms with Crippen molar-refractivity contribution in [2.24, 2.45) is 5.92 Å². The molecule has 2 atom stereocenters. The van der Waals surface area contributed by atoms with Crippen LogP contribution in [0.1, 0.15) is 39.5 Å². The molecule has 0 bridgehead atoms. The van der Waals surface area contributed by atoms with Crippen molar-refractivity contribution in [2.75, 3.05) is 39.8 Å². The molecular weight excluding hydrogens is 222 g/mol. The Labute approximate surface area is 113 Å². The predicted octanol–water partition coefficient (Wildman–Crippen LogP) is 1.79. The number of nitrogens with one attached hydrogen (secondary N) is 1. The molecule has 2 aliphatic rings. The van der Waals surface area contributed by atoms with Crippen LogP contribution in [0.3, 0.4) is 0 Å². The van der Waals surface area contributed by atoms with Gasteiger partial charge < -0.3 is 10.2 Å². The van der Waals surface area contributed by atoms with Gasteiger partial charge in [0.1, 0.15) is 0 Å². The highest BCUT2D eigenvalue weighted by atomic mass is 15.2. The summed E-state index contributed by atoms with van der Waals surface area (Å²) < 4.78 is 0. The summed E-state index contributed by atoms with van der Waals surface area (Å²) in [6.45, 7) is 10.7. The van der Waals surface area contributed by atoms with Crippen molar-refractivity contribution in [1.82, 2.24) is 15.1 Å². The van der Waals surface area contributed by atoms with E-state index in [1.165, 1.54) is 51.9 Å². The molecule has 1 aliphatic heterocycles. The largest absolute Gasteiger partial charge is 0.313 e. The molecule has 0 spiro atoms. The summed E-state index contributed by atoms with van der Waals surface area (Å²) in [5.74, 6) is 0.973. The van der Waals surface area contributed by atoms with E-state index in [4.69, 9.17) is 0 Å². The van der Waals surface area contributed by atoms with E-state index in [-0.39, 0.29) is 0 Å². The van der Waals surface area contributed by atoms with Gasteiger partial charge in [-0.25, -0.2) is 0 Å². The maximum atomic E-state index is 3.67. The molecule has 0 aromatic carbocycles. The molecule has 1 aliphatic carbocycles. The minimum Gasteiger partial charge on any atom is -0.313 e. The zero-order valence-corrected chi connectivity index (χ0v) is 12.5. The van der Waals surface area contributed by atoms with Crippen molar-refractivity contribution in [2.45, 2.75) is 51.6 Å². The van der Waals surface area contributed by atoms with E-state index in [2.05, 4.69) is 36.0 Å². The molecule has 18 heavy (non-hydrogen) atoms. The minimum atomic E-state index is 0.733. The monoisotopic (exact) mass is 253 g/mol. The fourth-order valence-corrected chi connectivity index (χ4v) is 3.22. The third kappa shape index (κ3) is 4.22. The Bertz CT molecular complexity index is 240. The van der Waals surface area contributed by atoms with Gasteiger partial charge >= 0.3 is 0 Å². The Balaban J connectivity index is 1.57. The van der Waals surface area contributed by atoms with Crippen molar-refractivity contribution < 1.29 is 0 Å². The van der Waals surface area contributed by atoms with E-state index >= 15 is 0 Å². The van der Waals surface area contributed by atoms with Crippen molar-refractivity contribution in [3.8, 4) is 0 Å². The SMILES string of the molecule is CCN1CCCC1CN(C)CCNC(C)C1CC1. The second-order valence-corrected chi connectivity index (χ2v) is 6.27. The Morgan fingerprint density at radius 2 is 2.11 bits per heavy atom. The zero-order chi connectivity index (χ0) is 13.0. The van der Waals surface area contributed by atoms with E-state index in [1.807, 2.05) is 0 Å². The second-order valence-electron chi connectivity index (χ2n) is 6.27. The first-order chi connectivity index (χ1) is 8.70. The molecule has 1 saturated carbocycles. The van der Waals surface area contributed by atoms with Crippen molar-refractivity contribution in [3.05, 3.63) is 0 Å². The lowest BCUT2D eigenvalue weighted by Crippen LogP contribution is -2.42. The fourth-order valence-electron chi connectivity index (χ4n) is 3.22. The lowest BCUT2D eigenvalue weighted by Gasteiger charge is -2.28. The van der Waals surface area contributed by atoms with E-state index in [1.54, 1.807) is 0 Å². The lowest BCUT2D eigenvalue weighted by molar-refractivity contribution is 0.198. The molecule has 0 amide bonds. The maximum Gasteiger partial charge on any atom is 0.0223 e. The number of rotatable bonds is 8. The number of likely N-dealkylation sites (N-methyl/N-ethyl adjacent to an activating group) is 2. The van der Waals surface area contributed by atoms with Gasteiger partial charge in [-0.1, -0.05) is 6.92 Å². The molecule has 2 unspecified atom stereocenters. The number of nitrogens with zero attached hydrogens (tertiary/aromatic N) is 2. The first-order valence-electron chi connectivity index (χ1n) is 7.86. The van der Waals surface area contributed by atoms with Gasteiger partial charge in [-0.3, -0.25) is 4.90 Å². The van der Waals surface area contributed by atoms with Crippen molar-refractivity contribution in [3.63, 3.8) is 0 Å². The summed E-state index contributed by atoms with van der Waals surface area (Å²) in [4.78, 5) is 5.14. The van der Waals surface area contributed by atoms with Crippen LogP contribution in [-0.4, -0.2) is 61.7 Å². The summed E-state index contributed by atoms with van der Waals surface area (Å²) in [5, 5.41) is 3.67. The molecule has 106 valence electrons. The van der Waals surface area contributed by atoms with Gasteiger partial charge in [0.25, 0.3) is 0 Å². The summed E-state index contributed by atoms with van der Waals surface area (Å²) in [7, 11) is 2.27. The maximum absolute atomic E-state index is 3.67. The summed E-state index contributed by atoms with van der Waals surface area (Å²) >= 11 is 0. The van der Waals surface area contributed by atoms with Crippen LogP contribution in [0.15, 0.2) is 0 Å². The number of hydrogen-bond acceptors (Lipinski definition) is 3. The van der Waals surface area contributed by atoms with Crippen LogP contribution in [0.25, 0.3) is 0 Å². The van der Waals surface area contributed by atoms with Crippen molar-refractivity contribution >= 4 is 0 Å². The van der Waals surface area contributed by atoms with Crippen LogP contribution in [0, 0.1) is 5.92 Å². The average molecular weight is 253 g/mol. The quantitative estimate of drug-likeness (QED) is 0.711. The van der Waals surface area contributed by atoms with Crippen LogP contribution in [-0.2, 0) is 0 Å². The van der Waals surface area contributed by atoms with Crippen LogP contribution < -0.4 is 5.32 Å². The van der Waals surface area contributed by atoms with E-state index in [0.717, 1.165) is 24.5 Å². The topological polar surface area (TPSA) is 18.5 Å².